The van der Waals surface area contributed by atoms with Crippen molar-refractivity contribution in [3.8, 4) is 0 Å². The van der Waals surface area contributed by atoms with E-state index in [0.717, 1.165) is 25.7 Å². The molecule has 0 aliphatic heterocycles. The van der Waals surface area contributed by atoms with Gasteiger partial charge in [-0.05, 0) is 64.7 Å². The van der Waals surface area contributed by atoms with Crippen molar-refractivity contribution in [1.29, 1.82) is 0 Å². The van der Waals surface area contributed by atoms with Gasteiger partial charge in [0.2, 0.25) is 0 Å². The molecule has 0 aromatic heterocycles. The van der Waals surface area contributed by atoms with Crippen molar-refractivity contribution in [3.63, 3.8) is 0 Å². The first-order valence-electron chi connectivity index (χ1n) is 8.06. The van der Waals surface area contributed by atoms with E-state index in [9.17, 15) is 9.59 Å². The summed E-state index contributed by atoms with van der Waals surface area (Å²) in [6.07, 6.45) is 7.37. The van der Waals surface area contributed by atoms with Gasteiger partial charge in [-0.2, -0.15) is 0 Å². The van der Waals surface area contributed by atoms with Gasteiger partial charge in [-0.15, -0.1) is 0 Å². The lowest BCUT2D eigenvalue weighted by Gasteiger charge is -2.57. The first-order valence-corrected chi connectivity index (χ1v) is 8.06. The van der Waals surface area contributed by atoms with Crippen LogP contribution in [0.5, 0.6) is 0 Å². The Labute approximate surface area is 132 Å². The van der Waals surface area contributed by atoms with E-state index in [-0.39, 0.29) is 18.1 Å². The summed E-state index contributed by atoms with van der Waals surface area (Å²) in [6, 6.07) is 0.227. The Hall–Kier alpha value is -1.52. The molecule has 2 fully saturated rings. The summed E-state index contributed by atoms with van der Waals surface area (Å²) in [4.78, 5) is 22.9. The van der Waals surface area contributed by atoms with Crippen LogP contribution in [0.3, 0.4) is 0 Å². The number of nitrogens with one attached hydrogen (secondary N) is 1. The molecule has 2 saturated carbocycles. The van der Waals surface area contributed by atoms with Crippen molar-refractivity contribution in [1.82, 2.24) is 5.32 Å². The molecule has 5 heteroatoms. The van der Waals surface area contributed by atoms with Crippen LogP contribution in [-0.2, 0) is 14.3 Å². The Morgan fingerprint density at radius 2 is 1.86 bits per heavy atom. The monoisotopic (exact) mass is 309 g/mol. The van der Waals surface area contributed by atoms with Gasteiger partial charge < -0.3 is 14.8 Å². The second kappa shape index (κ2) is 6.31. The van der Waals surface area contributed by atoms with Crippen LogP contribution >= 0.6 is 0 Å². The van der Waals surface area contributed by atoms with Crippen LogP contribution in [0.4, 0.5) is 4.79 Å². The van der Waals surface area contributed by atoms with Crippen LogP contribution < -0.4 is 5.32 Å². The van der Waals surface area contributed by atoms with Gasteiger partial charge in [-0.1, -0.05) is 6.08 Å². The number of carbonyl (C=O) groups excluding carboxylic acids is 2. The third kappa shape index (κ3) is 4.49. The first kappa shape index (κ1) is 16.8. The molecule has 0 aromatic carbocycles. The largest absolute Gasteiger partial charge is 0.463 e. The van der Waals surface area contributed by atoms with Crippen molar-refractivity contribution in [2.45, 2.75) is 65.0 Å². The second-order valence-corrected chi connectivity index (χ2v) is 7.53. The van der Waals surface area contributed by atoms with Gasteiger partial charge in [0.1, 0.15) is 5.60 Å². The fourth-order valence-corrected chi connectivity index (χ4v) is 3.49. The minimum atomic E-state index is -0.453. The predicted molar refractivity (Wildman–Crippen MR) is 83.3 cm³/mol. The summed E-state index contributed by atoms with van der Waals surface area (Å²) in [5.74, 6) is 0.202. The average Bonchev–Trinajstić information content (AvgIpc) is 2.26. The lowest BCUT2D eigenvalue weighted by atomic mass is 9.50. The molecule has 1 N–H and O–H groups in total. The van der Waals surface area contributed by atoms with Crippen molar-refractivity contribution >= 4 is 12.1 Å². The van der Waals surface area contributed by atoms with E-state index in [1.807, 2.05) is 26.8 Å². The van der Waals surface area contributed by atoms with E-state index >= 15 is 0 Å². The molecule has 0 saturated heterocycles. The summed E-state index contributed by atoms with van der Waals surface area (Å²) in [5.41, 5.74) is -0.0890. The van der Waals surface area contributed by atoms with Gasteiger partial charge >= 0.3 is 12.1 Å². The van der Waals surface area contributed by atoms with Gasteiger partial charge in [0, 0.05) is 12.1 Å². The molecule has 2 aliphatic rings. The molecule has 2 aliphatic carbocycles. The van der Waals surface area contributed by atoms with Crippen LogP contribution in [0.15, 0.2) is 12.2 Å². The molecule has 0 heterocycles. The van der Waals surface area contributed by atoms with Crippen LogP contribution in [0.2, 0.25) is 0 Å². The maximum absolute atomic E-state index is 11.7. The molecule has 0 bridgehead atoms. The van der Waals surface area contributed by atoms with E-state index in [4.69, 9.17) is 9.47 Å². The number of amides is 1. The highest BCUT2D eigenvalue weighted by atomic mass is 16.6. The van der Waals surface area contributed by atoms with Gasteiger partial charge in [-0.25, -0.2) is 9.59 Å². The smallest absolute Gasteiger partial charge is 0.407 e. The number of alkyl carbamates (subject to hydrolysis) is 1. The van der Waals surface area contributed by atoms with Gasteiger partial charge in [0.05, 0.1) is 6.61 Å². The van der Waals surface area contributed by atoms with E-state index in [2.05, 4.69) is 5.32 Å². The number of esters is 1. The minimum Gasteiger partial charge on any atom is -0.463 e. The Bertz CT molecular complexity index is 450. The first-order chi connectivity index (χ1) is 10.2. The molecule has 0 aromatic rings. The highest BCUT2D eigenvalue weighted by Gasteiger charge is 2.52. The van der Waals surface area contributed by atoms with E-state index in [0.29, 0.717) is 17.9 Å². The Morgan fingerprint density at radius 3 is 2.41 bits per heavy atom. The molecule has 1 amide bonds. The average molecular weight is 309 g/mol. The van der Waals surface area contributed by atoms with E-state index < -0.39 is 5.60 Å². The van der Waals surface area contributed by atoms with Crippen LogP contribution in [0.1, 0.15) is 53.4 Å². The van der Waals surface area contributed by atoms with Crippen LogP contribution in [0.25, 0.3) is 0 Å². The lowest BCUT2D eigenvalue weighted by Crippen LogP contribution is -2.56. The van der Waals surface area contributed by atoms with Crippen molar-refractivity contribution in [2.75, 3.05) is 6.61 Å². The zero-order valence-corrected chi connectivity index (χ0v) is 14.0. The highest BCUT2D eigenvalue weighted by molar-refractivity contribution is 5.81. The molecule has 2 rings (SSSR count). The highest BCUT2D eigenvalue weighted by Crippen LogP contribution is 2.59. The molecule has 22 heavy (non-hydrogen) atoms. The van der Waals surface area contributed by atoms with Gasteiger partial charge in [0.15, 0.2) is 0 Å². The molecule has 5 nitrogen and oxygen atoms in total. The van der Waals surface area contributed by atoms with Gasteiger partial charge in [-0.3, -0.25) is 0 Å². The fourth-order valence-electron chi connectivity index (χ4n) is 3.49. The Kier molecular flexibility index (Phi) is 4.83. The molecule has 1 spiro atoms. The standard InChI is InChI=1S/C17H27NO4/c1-5-21-14(19)7-6-12-8-17(9-12)10-13(11-17)18-15(20)22-16(2,3)4/h6-7,12-13H,5,8-11H2,1-4H3,(H,18,20)/b7-6+. The third-order valence-corrected chi connectivity index (χ3v) is 4.26. The van der Waals surface area contributed by atoms with Gasteiger partial charge in [0.25, 0.3) is 0 Å². The number of hydrogen-bond donors (Lipinski definition) is 1. The van der Waals surface area contributed by atoms with Crippen molar-refractivity contribution < 1.29 is 19.1 Å². The maximum Gasteiger partial charge on any atom is 0.407 e. The van der Waals surface area contributed by atoms with E-state index in [1.165, 1.54) is 6.08 Å². The fraction of sp³-hybridized carbons (Fsp3) is 0.765. The van der Waals surface area contributed by atoms with Crippen LogP contribution in [0, 0.1) is 11.3 Å². The quantitative estimate of drug-likeness (QED) is 0.640. The molecular weight excluding hydrogens is 282 g/mol. The molecule has 0 unspecified atom stereocenters. The number of hydrogen-bond acceptors (Lipinski definition) is 4. The SMILES string of the molecule is CCOC(=O)/C=C/C1CC2(C1)CC(NC(=O)OC(C)(C)C)C2. The summed E-state index contributed by atoms with van der Waals surface area (Å²) >= 11 is 0. The van der Waals surface area contributed by atoms with Crippen molar-refractivity contribution in [3.05, 3.63) is 12.2 Å². The zero-order chi connectivity index (χ0) is 16.4. The minimum absolute atomic E-state index is 0.227. The van der Waals surface area contributed by atoms with E-state index in [1.54, 1.807) is 6.92 Å². The lowest BCUT2D eigenvalue weighted by molar-refractivity contribution is -0.137. The second-order valence-electron chi connectivity index (χ2n) is 7.53. The summed E-state index contributed by atoms with van der Waals surface area (Å²) in [5, 5.41) is 2.92. The number of allylic oxidation sites excluding steroid dienone is 1. The molecule has 0 radical (unpaired) electrons. The zero-order valence-electron chi connectivity index (χ0n) is 14.0. The van der Waals surface area contributed by atoms with Crippen LogP contribution in [-0.4, -0.2) is 30.3 Å². The Morgan fingerprint density at radius 1 is 1.23 bits per heavy atom. The summed E-state index contributed by atoms with van der Waals surface area (Å²) < 4.78 is 10.1. The number of ether oxygens (including phenoxy) is 2. The van der Waals surface area contributed by atoms with Crippen molar-refractivity contribution in [2.24, 2.45) is 11.3 Å². The number of rotatable bonds is 4. The number of carbonyl (C=O) groups is 2. The molecular formula is C17H27NO4. The molecule has 0 atom stereocenters. The maximum atomic E-state index is 11.7. The molecule has 124 valence electrons. The predicted octanol–water partition coefficient (Wildman–Crippen LogP) is 3.19. The normalized spacial score (nSPS) is 30.5. The summed E-state index contributed by atoms with van der Waals surface area (Å²) in [6.45, 7) is 7.80. The third-order valence-electron chi connectivity index (χ3n) is 4.26. The topological polar surface area (TPSA) is 64.6 Å². The Balaban J connectivity index is 1.64. The summed E-state index contributed by atoms with van der Waals surface area (Å²) in [7, 11) is 0.